The Morgan fingerprint density at radius 3 is 1.93 bits per heavy atom. The van der Waals surface area contributed by atoms with Crippen LogP contribution in [0, 0.1) is 0 Å². The van der Waals surface area contributed by atoms with Gasteiger partial charge in [-0.2, -0.15) is 0 Å². The van der Waals surface area contributed by atoms with Crippen molar-refractivity contribution >= 4 is 12.0 Å². The largest absolute Gasteiger partial charge is 0.446 e. The third-order valence-corrected chi connectivity index (χ3v) is 5.41. The molecule has 0 fully saturated rings. The molecule has 0 amide bonds. The first-order chi connectivity index (χ1) is 13.1. The highest BCUT2D eigenvalue weighted by molar-refractivity contribution is 5.90. The molecular formula is C25H22O2. The van der Waals surface area contributed by atoms with Crippen LogP contribution in [0.3, 0.4) is 0 Å². The Morgan fingerprint density at radius 2 is 1.41 bits per heavy atom. The molecule has 0 N–H and O–H groups in total. The van der Waals surface area contributed by atoms with E-state index >= 15 is 0 Å². The summed E-state index contributed by atoms with van der Waals surface area (Å²) in [6.45, 7) is 5.76. The van der Waals surface area contributed by atoms with Gasteiger partial charge in [0, 0.05) is 11.1 Å². The maximum absolute atomic E-state index is 13.0. The lowest BCUT2D eigenvalue weighted by Crippen LogP contribution is -2.31. The van der Waals surface area contributed by atoms with E-state index in [0.29, 0.717) is 5.56 Å². The van der Waals surface area contributed by atoms with E-state index in [4.69, 9.17) is 4.74 Å². The van der Waals surface area contributed by atoms with Gasteiger partial charge >= 0.3 is 5.97 Å². The van der Waals surface area contributed by atoms with Crippen molar-refractivity contribution in [3.05, 3.63) is 113 Å². The van der Waals surface area contributed by atoms with Gasteiger partial charge in [0.2, 0.25) is 0 Å². The summed E-state index contributed by atoms with van der Waals surface area (Å²) in [6, 6.07) is 23.9. The number of aryl methyl sites for hydroxylation is 2. The normalized spacial score (nSPS) is 14.4. The highest BCUT2D eigenvalue weighted by atomic mass is 16.6. The van der Waals surface area contributed by atoms with E-state index in [1.807, 2.05) is 43.3 Å². The number of carbonyl (C=O) groups excluding carboxylic acids is 1. The Kier molecular flexibility index (Phi) is 4.41. The van der Waals surface area contributed by atoms with Gasteiger partial charge in [-0.3, -0.25) is 0 Å². The Morgan fingerprint density at radius 1 is 0.889 bits per heavy atom. The molecule has 0 aliphatic heterocycles. The van der Waals surface area contributed by atoms with Crippen molar-refractivity contribution in [1.82, 2.24) is 0 Å². The average molecular weight is 354 g/mol. The average Bonchev–Trinajstić information content (AvgIpc) is 2.84. The molecule has 1 aliphatic rings. The SMILES string of the molecule is C=Cc1ccc(C(=O)OC2(C)c3ccccc3CCc3ccccc32)cc1. The van der Waals surface area contributed by atoms with Crippen LogP contribution in [0.4, 0.5) is 0 Å². The lowest BCUT2D eigenvalue weighted by Gasteiger charge is -2.32. The molecule has 3 aromatic carbocycles. The lowest BCUT2D eigenvalue weighted by molar-refractivity contribution is 0.00597. The Balaban J connectivity index is 1.79. The van der Waals surface area contributed by atoms with Crippen LogP contribution < -0.4 is 0 Å². The summed E-state index contributed by atoms with van der Waals surface area (Å²) in [5, 5.41) is 0. The quantitative estimate of drug-likeness (QED) is 0.577. The molecule has 134 valence electrons. The molecule has 0 heterocycles. The second-order valence-electron chi connectivity index (χ2n) is 7.06. The van der Waals surface area contributed by atoms with E-state index in [-0.39, 0.29) is 5.97 Å². The van der Waals surface area contributed by atoms with E-state index < -0.39 is 5.60 Å². The molecule has 0 bridgehead atoms. The Hall–Kier alpha value is -3.13. The number of fused-ring (bicyclic) bond motifs is 2. The van der Waals surface area contributed by atoms with E-state index in [9.17, 15) is 4.79 Å². The Labute approximate surface area is 160 Å². The molecule has 2 nitrogen and oxygen atoms in total. The van der Waals surface area contributed by atoms with Crippen LogP contribution in [0.25, 0.3) is 6.08 Å². The zero-order valence-corrected chi connectivity index (χ0v) is 15.4. The summed E-state index contributed by atoms with van der Waals surface area (Å²) in [7, 11) is 0. The summed E-state index contributed by atoms with van der Waals surface area (Å²) >= 11 is 0. The van der Waals surface area contributed by atoms with Crippen LogP contribution >= 0.6 is 0 Å². The van der Waals surface area contributed by atoms with E-state index in [2.05, 4.69) is 30.8 Å². The van der Waals surface area contributed by atoms with Gasteiger partial charge in [0.25, 0.3) is 0 Å². The number of ether oxygens (including phenoxy) is 1. The zero-order chi connectivity index (χ0) is 18.9. The molecule has 1 aliphatic carbocycles. The summed E-state index contributed by atoms with van der Waals surface area (Å²) in [5.74, 6) is -0.320. The molecule has 2 heteroatoms. The van der Waals surface area contributed by atoms with Gasteiger partial charge in [0.15, 0.2) is 5.60 Å². The molecule has 27 heavy (non-hydrogen) atoms. The molecular weight excluding hydrogens is 332 g/mol. The third kappa shape index (κ3) is 3.08. The molecule has 3 aromatic rings. The predicted octanol–water partition coefficient (Wildman–Crippen LogP) is 5.55. The van der Waals surface area contributed by atoms with Crippen molar-refractivity contribution < 1.29 is 9.53 Å². The molecule has 4 rings (SSSR count). The number of hydrogen-bond donors (Lipinski definition) is 0. The van der Waals surface area contributed by atoms with E-state index in [1.54, 1.807) is 18.2 Å². The van der Waals surface area contributed by atoms with E-state index in [0.717, 1.165) is 29.5 Å². The summed E-state index contributed by atoms with van der Waals surface area (Å²) in [6.07, 6.45) is 3.64. The van der Waals surface area contributed by atoms with Crippen LogP contribution in [0.2, 0.25) is 0 Å². The summed E-state index contributed by atoms with van der Waals surface area (Å²) in [4.78, 5) is 13.0. The fourth-order valence-corrected chi connectivity index (χ4v) is 3.93. The highest BCUT2D eigenvalue weighted by Gasteiger charge is 2.38. The lowest BCUT2D eigenvalue weighted by atomic mass is 9.85. The molecule has 0 spiro atoms. The Bertz CT molecular complexity index is 951. The second-order valence-corrected chi connectivity index (χ2v) is 7.06. The fraction of sp³-hybridized carbons (Fsp3) is 0.160. The summed E-state index contributed by atoms with van der Waals surface area (Å²) in [5.41, 5.74) is 5.27. The number of carbonyl (C=O) groups is 1. The van der Waals surface area contributed by atoms with Gasteiger partial charge in [-0.25, -0.2) is 4.79 Å². The van der Waals surface area contributed by atoms with Gasteiger partial charge in [-0.05, 0) is 48.6 Å². The number of rotatable bonds is 3. The number of hydrogen-bond acceptors (Lipinski definition) is 2. The minimum atomic E-state index is -0.822. The van der Waals surface area contributed by atoms with Crippen molar-refractivity contribution in [1.29, 1.82) is 0 Å². The first kappa shape index (κ1) is 17.3. The third-order valence-electron chi connectivity index (χ3n) is 5.41. The molecule has 0 saturated carbocycles. The van der Waals surface area contributed by atoms with Crippen LogP contribution in [-0.4, -0.2) is 5.97 Å². The second kappa shape index (κ2) is 6.88. The van der Waals surface area contributed by atoms with Crippen LogP contribution in [0.5, 0.6) is 0 Å². The summed E-state index contributed by atoms with van der Waals surface area (Å²) < 4.78 is 6.21. The molecule has 0 radical (unpaired) electrons. The van der Waals surface area contributed by atoms with Crippen molar-refractivity contribution in [3.63, 3.8) is 0 Å². The standard InChI is InChI=1S/C25H22O2/c1-3-18-12-14-21(15-13-18)24(26)27-25(2)22-10-6-4-8-19(22)16-17-20-9-5-7-11-23(20)25/h3-15H,1,16-17H2,2H3. The first-order valence-corrected chi connectivity index (χ1v) is 9.24. The van der Waals surface area contributed by atoms with Crippen molar-refractivity contribution in [3.8, 4) is 0 Å². The fourth-order valence-electron chi connectivity index (χ4n) is 3.93. The van der Waals surface area contributed by atoms with Gasteiger partial charge < -0.3 is 4.74 Å². The van der Waals surface area contributed by atoms with Gasteiger partial charge in [0.1, 0.15) is 0 Å². The van der Waals surface area contributed by atoms with Gasteiger partial charge in [-0.15, -0.1) is 0 Å². The highest BCUT2D eigenvalue weighted by Crippen LogP contribution is 2.40. The first-order valence-electron chi connectivity index (χ1n) is 9.24. The molecule has 0 aromatic heterocycles. The molecule has 0 saturated heterocycles. The van der Waals surface area contributed by atoms with Gasteiger partial charge in [-0.1, -0.05) is 73.3 Å². The predicted molar refractivity (Wildman–Crippen MR) is 109 cm³/mol. The molecule has 0 unspecified atom stereocenters. The maximum atomic E-state index is 13.0. The van der Waals surface area contributed by atoms with Crippen molar-refractivity contribution in [2.75, 3.05) is 0 Å². The molecule has 0 atom stereocenters. The number of benzene rings is 3. The van der Waals surface area contributed by atoms with Gasteiger partial charge in [0.05, 0.1) is 5.56 Å². The van der Waals surface area contributed by atoms with E-state index in [1.165, 1.54) is 11.1 Å². The maximum Gasteiger partial charge on any atom is 0.339 e. The minimum Gasteiger partial charge on any atom is -0.446 e. The smallest absolute Gasteiger partial charge is 0.339 e. The minimum absolute atomic E-state index is 0.320. The topological polar surface area (TPSA) is 26.3 Å². The number of esters is 1. The van der Waals surface area contributed by atoms with Crippen LogP contribution in [0.15, 0.2) is 79.4 Å². The zero-order valence-electron chi connectivity index (χ0n) is 15.4. The van der Waals surface area contributed by atoms with Crippen molar-refractivity contribution in [2.45, 2.75) is 25.4 Å². The van der Waals surface area contributed by atoms with Crippen LogP contribution in [0.1, 0.15) is 45.1 Å². The van der Waals surface area contributed by atoms with Crippen molar-refractivity contribution in [2.24, 2.45) is 0 Å². The monoisotopic (exact) mass is 354 g/mol. The van der Waals surface area contributed by atoms with Crippen LogP contribution in [-0.2, 0) is 23.2 Å².